The van der Waals surface area contributed by atoms with Crippen LogP contribution in [0.5, 0.6) is 0 Å². The summed E-state index contributed by atoms with van der Waals surface area (Å²) in [6.45, 7) is 5.39. The minimum Gasteiger partial charge on any atom is -0.461 e. The molecule has 0 aromatic carbocycles. The lowest BCUT2D eigenvalue weighted by Gasteiger charge is -2.18. The fraction of sp³-hybridized carbons (Fsp3) is 0.588. The van der Waals surface area contributed by atoms with E-state index in [4.69, 9.17) is 9.47 Å². The van der Waals surface area contributed by atoms with Crippen LogP contribution >= 0.6 is 0 Å². The molecule has 132 valence electrons. The molecule has 1 aromatic heterocycles. The summed E-state index contributed by atoms with van der Waals surface area (Å²) >= 11 is 0. The molecule has 1 aromatic rings. The number of fused-ring (bicyclic) bond motifs is 1. The lowest BCUT2D eigenvalue weighted by molar-refractivity contribution is 0.0516. The van der Waals surface area contributed by atoms with Crippen molar-refractivity contribution >= 4 is 11.8 Å². The number of nitrogens with zero attached hydrogens (tertiary/aromatic N) is 3. The van der Waals surface area contributed by atoms with Gasteiger partial charge in [-0.15, -0.1) is 0 Å². The smallest absolute Gasteiger partial charge is 0.359 e. The number of hydrogen-bond acceptors (Lipinski definition) is 6. The monoisotopic (exact) mass is 335 g/mol. The summed E-state index contributed by atoms with van der Waals surface area (Å²) in [6, 6.07) is 0. The molecule has 24 heavy (non-hydrogen) atoms. The zero-order chi connectivity index (χ0) is 17.7. The second kappa shape index (κ2) is 8.10. The first kappa shape index (κ1) is 18.2. The first-order valence-electron chi connectivity index (χ1n) is 8.25. The van der Waals surface area contributed by atoms with Gasteiger partial charge in [-0.2, -0.15) is 5.10 Å². The maximum Gasteiger partial charge on any atom is 0.359 e. The van der Waals surface area contributed by atoms with Crippen molar-refractivity contribution in [1.29, 1.82) is 0 Å². The third kappa shape index (κ3) is 3.84. The predicted octanol–water partition coefficient (Wildman–Crippen LogP) is 1.67. The van der Waals surface area contributed by atoms with Crippen LogP contribution in [0.25, 0.3) is 0 Å². The van der Waals surface area contributed by atoms with Gasteiger partial charge in [0.2, 0.25) is 5.78 Å². The summed E-state index contributed by atoms with van der Waals surface area (Å²) in [6.07, 6.45) is 3.02. The van der Waals surface area contributed by atoms with Crippen molar-refractivity contribution in [2.45, 2.75) is 33.2 Å². The quantitative estimate of drug-likeness (QED) is 0.429. The van der Waals surface area contributed by atoms with Gasteiger partial charge < -0.3 is 14.4 Å². The molecule has 0 fully saturated rings. The maximum atomic E-state index is 12.9. The molecule has 0 atom stereocenters. The third-order valence-corrected chi connectivity index (χ3v) is 3.74. The molecule has 0 unspecified atom stereocenters. The Kier molecular flexibility index (Phi) is 6.14. The van der Waals surface area contributed by atoms with E-state index in [0.717, 1.165) is 5.57 Å². The summed E-state index contributed by atoms with van der Waals surface area (Å²) in [7, 11) is 3.76. The van der Waals surface area contributed by atoms with Crippen LogP contribution < -0.4 is 0 Å². The van der Waals surface area contributed by atoms with Crippen LogP contribution in [0.3, 0.4) is 0 Å². The van der Waals surface area contributed by atoms with E-state index >= 15 is 0 Å². The lowest BCUT2D eigenvalue weighted by Crippen LogP contribution is -2.21. The lowest BCUT2D eigenvalue weighted by atomic mass is 9.90. The summed E-state index contributed by atoms with van der Waals surface area (Å²) in [5, 5.41) is 4.35. The van der Waals surface area contributed by atoms with Crippen molar-refractivity contribution in [3.8, 4) is 0 Å². The van der Waals surface area contributed by atoms with E-state index in [1.165, 1.54) is 0 Å². The van der Waals surface area contributed by atoms with E-state index in [-0.39, 0.29) is 18.1 Å². The molecule has 0 amide bonds. The molecular weight excluding hydrogens is 310 g/mol. The average molecular weight is 335 g/mol. The van der Waals surface area contributed by atoms with Crippen molar-refractivity contribution in [2.24, 2.45) is 0 Å². The topological polar surface area (TPSA) is 73.7 Å². The van der Waals surface area contributed by atoms with Gasteiger partial charge in [-0.25, -0.2) is 4.79 Å². The highest BCUT2D eigenvalue weighted by Gasteiger charge is 2.32. The van der Waals surface area contributed by atoms with E-state index in [2.05, 4.69) is 5.10 Å². The van der Waals surface area contributed by atoms with Crippen molar-refractivity contribution in [2.75, 3.05) is 33.9 Å². The van der Waals surface area contributed by atoms with E-state index < -0.39 is 5.97 Å². The Morgan fingerprint density at radius 3 is 2.67 bits per heavy atom. The van der Waals surface area contributed by atoms with Crippen LogP contribution in [0, 0.1) is 0 Å². The number of hydrogen-bond donors (Lipinski definition) is 0. The van der Waals surface area contributed by atoms with E-state index in [0.29, 0.717) is 43.9 Å². The molecule has 0 spiro atoms. The summed E-state index contributed by atoms with van der Waals surface area (Å²) in [4.78, 5) is 26.9. The van der Waals surface area contributed by atoms with Crippen LogP contribution in [-0.4, -0.2) is 60.3 Å². The van der Waals surface area contributed by atoms with Gasteiger partial charge in [0.15, 0.2) is 5.69 Å². The molecule has 1 aliphatic rings. The number of allylic oxidation sites excluding steroid dienone is 1. The Labute approximate surface area is 142 Å². The Hall–Kier alpha value is -2.15. The maximum absolute atomic E-state index is 12.9. The minimum atomic E-state index is -0.475. The fourth-order valence-electron chi connectivity index (χ4n) is 2.77. The zero-order valence-electron chi connectivity index (χ0n) is 14.8. The molecule has 2 rings (SSSR count). The van der Waals surface area contributed by atoms with Crippen LogP contribution in [0.15, 0.2) is 11.8 Å². The van der Waals surface area contributed by atoms with E-state index in [9.17, 15) is 9.59 Å². The van der Waals surface area contributed by atoms with Gasteiger partial charge >= 0.3 is 5.97 Å². The van der Waals surface area contributed by atoms with Crippen LogP contribution in [-0.2, 0) is 22.4 Å². The normalized spacial score (nSPS) is 15.5. The molecule has 7 nitrogen and oxygen atoms in total. The molecule has 7 heteroatoms. The summed E-state index contributed by atoms with van der Waals surface area (Å²) in [5.41, 5.74) is 2.14. The Morgan fingerprint density at radius 2 is 2.04 bits per heavy atom. The van der Waals surface area contributed by atoms with Gasteiger partial charge in [0, 0.05) is 38.0 Å². The summed E-state index contributed by atoms with van der Waals surface area (Å²) in [5.74, 6) is -0.554. The number of esters is 1. The SMILES string of the molecule is CCOCCn1nc(C(=O)OCC)c2c1C(=O)/C(=C\N(C)C)CC2. The van der Waals surface area contributed by atoms with Crippen molar-refractivity contribution in [3.05, 3.63) is 28.7 Å². The Morgan fingerprint density at radius 1 is 1.29 bits per heavy atom. The molecular formula is C17H25N3O4. The second-order valence-electron chi connectivity index (χ2n) is 5.76. The zero-order valence-corrected chi connectivity index (χ0v) is 14.8. The molecule has 0 bridgehead atoms. The van der Waals surface area contributed by atoms with Gasteiger partial charge in [-0.05, 0) is 26.7 Å². The highest BCUT2D eigenvalue weighted by molar-refractivity contribution is 6.11. The van der Waals surface area contributed by atoms with Gasteiger partial charge in [-0.3, -0.25) is 9.48 Å². The van der Waals surface area contributed by atoms with E-state index in [1.54, 1.807) is 11.6 Å². The number of rotatable bonds is 7. The van der Waals surface area contributed by atoms with Gasteiger partial charge in [-0.1, -0.05) is 0 Å². The van der Waals surface area contributed by atoms with Crippen LogP contribution in [0.1, 0.15) is 46.8 Å². The highest BCUT2D eigenvalue weighted by atomic mass is 16.5. The number of aromatic nitrogens is 2. The van der Waals surface area contributed by atoms with Crippen molar-refractivity contribution in [1.82, 2.24) is 14.7 Å². The third-order valence-electron chi connectivity index (χ3n) is 3.74. The van der Waals surface area contributed by atoms with Gasteiger partial charge in [0.1, 0.15) is 5.69 Å². The fourth-order valence-corrected chi connectivity index (χ4v) is 2.77. The second-order valence-corrected chi connectivity index (χ2v) is 5.76. The number of Topliss-reactive ketones (excluding diaryl/α,β-unsaturated/α-hetero) is 1. The molecule has 1 heterocycles. The molecule has 0 aliphatic heterocycles. The van der Waals surface area contributed by atoms with E-state index in [1.807, 2.05) is 32.1 Å². The number of carbonyl (C=O) groups excluding carboxylic acids is 2. The molecule has 0 radical (unpaired) electrons. The Bertz CT molecular complexity index is 647. The first-order valence-corrected chi connectivity index (χ1v) is 8.25. The van der Waals surface area contributed by atoms with Gasteiger partial charge in [0.25, 0.3) is 0 Å². The molecule has 1 aliphatic carbocycles. The summed E-state index contributed by atoms with van der Waals surface area (Å²) < 4.78 is 12.0. The predicted molar refractivity (Wildman–Crippen MR) is 89.1 cm³/mol. The highest BCUT2D eigenvalue weighted by Crippen LogP contribution is 2.28. The average Bonchev–Trinajstić information content (AvgIpc) is 2.90. The molecule has 0 saturated carbocycles. The Balaban J connectivity index is 2.42. The number of carbonyl (C=O) groups is 2. The largest absolute Gasteiger partial charge is 0.461 e. The number of ether oxygens (including phenoxy) is 2. The number of ketones is 1. The van der Waals surface area contributed by atoms with Crippen molar-refractivity contribution in [3.63, 3.8) is 0 Å². The minimum absolute atomic E-state index is 0.0792. The van der Waals surface area contributed by atoms with Gasteiger partial charge in [0.05, 0.1) is 19.8 Å². The molecule has 0 N–H and O–H groups in total. The van der Waals surface area contributed by atoms with Crippen molar-refractivity contribution < 1.29 is 19.1 Å². The molecule has 0 saturated heterocycles. The first-order chi connectivity index (χ1) is 11.5. The van der Waals surface area contributed by atoms with Crippen LogP contribution in [0.2, 0.25) is 0 Å². The standard InChI is InChI=1S/C17H25N3O4/c1-5-23-10-9-20-15-13(14(18-20)17(22)24-6-2)8-7-12(16(15)21)11-19(3)4/h11H,5-10H2,1-4H3/b12-11-. The van der Waals surface area contributed by atoms with Crippen LogP contribution in [0.4, 0.5) is 0 Å².